The Kier molecular flexibility index (Phi) is 4.26. The van der Waals surface area contributed by atoms with Crippen molar-refractivity contribution in [2.75, 3.05) is 0 Å². The average molecular weight is 333 g/mol. The summed E-state index contributed by atoms with van der Waals surface area (Å²) in [6.45, 7) is 4.55. The molecule has 0 amide bonds. The van der Waals surface area contributed by atoms with Crippen molar-refractivity contribution in [3.63, 3.8) is 0 Å². The summed E-state index contributed by atoms with van der Waals surface area (Å²) < 4.78 is 2.90. The van der Waals surface area contributed by atoms with Crippen LogP contribution in [0.25, 0.3) is 0 Å². The highest BCUT2D eigenvalue weighted by atomic mass is 79.9. The van der Waals surface area contributed by atoms with E-state index in [1.54, 1.807) is 0 Å². The summed E-state index contributed by atoms with van der Waals surface area (Å²) in [5.74, 6) is 0. The monoisotopic (exact) mass is 332 g/mol. The van der Waals surface area contributed by atoms with Crippen LogP contribution in [0.2, 0.25) is 0 Å². The molecule has 1 aromatic carbocycles. The Labute approximate surface area is 127 Å². The number of hydrogen-bond acceptors (Lipinski definition) is 3. The van der Waals surface area contributed by atoms with Gasteiger partial charge in [-0.3, -0.25) is 4.68 Å². The molecule has 20 heavy (non-hydrogen) atoms. The van der Waals surface area contributed by atoms with Crippen LogP contribution in [0, 0.1) is 25.2 Å². The van der Waals surface area contributed by atoms with E-state index in [4.69, 9.17) is 5.73 Å². The van der Waals surface area contributed by atoms with Crippen LogP contribution >= 0.6 is 15.9 Å². The quantitative estimate of drug-likeness (QED) is 0.935. The van der Waals surface area contributed by atoms with E-state index in [-0.39, 0.29) is 0 Å². The van der Waals surface area contributed by atoms with Gasteiger partial charge in [-0.25, -0.2) is 0 Å². The standard InChI is InChI=1S/C15H17BrN4/c1-11-14(16)12(2)20(19-11)9-8-15(18,10-17)13-6-4-3-5-7-13/h3-7H,8-9,18H2,1-2H3. The average Bonchev–Trinajstić information content (AvgIpc) is 2.73. The Morgan fingerprint density at radius 2 is 2.00 bits per heavy atom. The molecule has 0 fully saturated rings. The summed E-state index contributed by atoms with van der Waals surface area (Å²) in [6, 6.07) is 11.7. The highest BCUT2D eigenvalue weighted by molar-refractivity contribution is 9.10. The Balaban J connectivity index is 2.20. The van der Waals surface area contributed by atoms with Crippen LogP contribution in [0.5, 0.6) is 0 Å². The fourth-order valence-electron chi connectivity index (χ4n) is 2.18. The first-order chi connectivity index (χ1) is 9.48. The predicted molar refractivity (Wildman–Crippen MR) is 81.9 cm³/mol. The lowest BCUT2D eigenvalue weighted by atomic mass is 9.89. The minimum absolute atomic E-state index is 0.516. The lowest BCUT2D eigenvalue weighted by molar-refractivity contribution is 0.445. The van der Waals surface area contributed by atoms with Gasteiger partial charge in [0.1, 0.15) is 5.54 Å². The molecular formula is C15H17BrN4. The SMILES string of the molecule is Cc1nn(CCC(N)(C#N)c2ccccc2)c(C)c1Br. The summed E-state index contributed by atoms with van der Waals surface area (Å²) in [5.41, 5.74) is 8.10. The van der Waals surface area contributed by atoms with Crippen molar-refractivity contribution >= 4 is 15.9 Å². The zero-order chi connectivity index (χ0) is 14.8. The van der Waals surface area contributed by atoms with Crippen molar-refractivity contribution in [2.24, 2.45) is 5.73 Å². The lowest BCUT2D eigenvalue weighted by Gasteiger charge is -2.22. The van der Waals surface area contributed by atoms with Crippen LogP contribution < -0.4 is 5.73 Å². The molecule has 104 valence electrons. The first kappa shape index (κ1) is 14.8. The van der Waals surface area contributed by atoms with E-state index >= 15 is 0 Å². The van der Waals surface area contributed by atoms with Crippen molar-refractivity contribution < 1.29 is 0 Å². The zero-order valence-corrected chi connectivity index (χ0v) is 13.2. The van der Waals surface area contributed by atoms with E-state index in [2.05, 4.69) is 27.1 Å². The van der Waals surface area contributed by atoms with E-state index < -0.39 is 5.54 Å². The second kappa shape index (κ2) is 5.78. The molecule has 1 heterocycles. The van der Waals surface area contributed by atoms with Crippen LogP contribution in [-0.4, -0.2) is 9.78 Å². The number of nitrogens with zero attached hydrogens (tertiary/aromatic N) is 3. The fourth-order valence-corrected chi connectivity index (χ4v) is 2.46. The maximum atomic E-state index is 9.43. The van der Waals surface area contributed by atoms with E-state index in [1.807, 2.05) is 48.9 Å². The van der Waals surface area contributed by atoms with Crippen LogP contribution in [0.3, 0.4) is 0 Å². The van der Waals surface area contributed by atoms with Gasteiger partial charge in [0.15, 0.2) is 0 Å². The summed E-state index contributed by atoms with van der Waals surface area (Å²) in [5, 5.41) is 13.9. The number of rotatable bonds is 4. The number of hydrogen-bond donors (Lipinski definition) is 1. The van der Waals surface area contributed by atoms with E-state index in [1.165, 1.54) is 0 Å². The fraction of sp³-hybridized carbons (Fsp3) is 0.333. The lowest BCUT2D eigenvalue weighted by Crippen LogP contribution is -2.36. The number of benzene rings is 1. The Bertz CT molecular complexity index is 642. The van der Waals surface area contributed by atoms with Gasteiger partial charge in [-0.2, -0.15) is 10.4 Å². The molecule has 0 saturated heterocycles. The molecule has 1 aromatic heterocycles. The molecule has 4 nitrogen and oxygen atoms in total. The van der Waals surface area contributed by atoms with Gasteiger partial charge < -0.3 is 5.73 Å². The molecule has 5 heteroatoms. The first-order valence-corrected chi connectivity index (χ1v) is 7.22. The van der Waals surface area contributed by atoms with E-state index in [0.717, 1.165) is 21.4 Å². The van der Waals surface area contributed by atoms with Crippen LogP contribution in [0.4, 0.5) is 0 Å². The Morgan fingerprint density at radius 3 is 2.50 bits per heavy atom. The minimum atomic E-state index is -0.986. The Hall–Kier alpha value is -1.64. The minimum Gasteiger partial charge on any atom is -0.310 e. The van der Waals surface area contributed by atoms with E-state index in [9.17, 15) is 5.26 Å². The second-order valence-corrected chi connectivity index (χ2v) is 5.70. The molecular weight excluding hydrogens is 316 g/mol. The number of aromatic nitrogens is 2. The topological polar surface area (TPSA) is 67.6 Å². The molecule has 0 radical (unpaired) electrons. The molecule has 2 aromatic rings. The molecule has 0 aliphatic heterocycles. The molecule has 2 rings (SSSR count). The maximum Gasteiger partial charge on any atom is 0.131 e. The second-order valence-electron chi connectivity index (χ2n) is 4.91. The summed E-state index contributed by atoms with van der Waals surface area (Å²) in [6.07, 6.45) is 0.516. The molecule has 0 aliphatic rings. The largest absolute Gasteiger partial charge is 0.310 e. The molecule has 0 aliphatic carbocycles. The highest BCUT2D eigenvalue weighted by Crippen LogP contribution is 2.24. The summed E-state index contributed by atoms with van der Waals surface area (Å²) >= 11 is 3.50. The van der Waals surface area contributed by atoms with Crippen molar-refractivity contribution in [1.82, 2.24) is 9.78 Å². The molecule has 1 atom stereocenters. The van der Waals surface area contributed by atoms with Gasteiger partial charge in [0.25, 0.3) is 0 Å². The number of nitriles is 1. The Morgan fingerprint density at radius 1 is 1.35 bits per heavy atom. The van der Waals surface area contributed by atoms with Gasteiger partial charge in [0.05, 0.1) is 16.2 Å². The first-order valence-electron chi connectivity index (χ1n) is 6.43. The maximum absolute atomic E-state index is 9.43. The molecule has 0 bridgehead atoms. The number of aryl methyl sites for hydroxylation is 2. The van der Waals surface area contributed by atoms with Crippen molar-refractivity contribution in [3.05, 3.63) is 51.8 Å². The summed E-state index contributed by atoms with van der Waals surface area (Å²) in [4.78, 5) is 0. The van der Waals surface area contributed by atoms with Crippen LogP contribution in [-0.2, 0) is 12.1 Å². The molecule has 0 saturated carbocycles. The van der Waals surface area contributed by atoms with Gasteiger partial charge in [0, 0.05) is 18.7 Å². The van der Waals surface area contributed by atoms with Gasteiger partial charge in [-0.15, -0.1) is 0 Å². The summed E-state index contributed by atoms with van der Waals surface area (Å²) in [7, 11) is 0. The van der Waals surface area contributed by atoms with Crippen molar-refractivity contribution in [3.8, 4) is 6.07 Å². The zero-order valence-electron chi connectivity index (χ0n) is 11.6. The third kappa shape index (κ3) is 2.77. The molecule has 2 N–H and O–H groups in total. The molecule has 0 spiro atoms. The van der Waals surface area contributed by atoms with Gasteiger partial charge in [-0.05, 0) is 35.3 Å². The smallest absolute Gasteiger partial charge is 0.131 e. The number of halogens is 1. The third-order valence-electron chi connectivity index (χ3n) is 3.50. The third-order valence-corrected chi connectivity index (χ3v) is 4.65. The predicted octanol–water partition coefficient (Wildman–Crippen LogP) is 3.03. The normalized spacial score (nSPS) is 13.8. The van der Waals surface area contributed by atoms with Gasteiger partial charge >= 0.3 is 0 Å². The van der Waals surface area contributed by atoms with Gasteiger partial charge in [0.2, 0.25) is 0 Å². The van der Waals surface area contributed by atoms with Crippen molar-refractivity contribution in [1.29, 1.82) is 5.26 Å². The molecule has 1 unspecified atom stereocenters. The van der Waals surface area contributed by atoms with E-state index in [0.29, 0.717) is 13.0 Å². The van der Waals surface area contributed by atoms with Gasteiger partial charge in [-0.1, -0.05) is 30.3 Å². The van der Waals surface area contributed by atoms with Crippen molar-refractivity contribution in [2.45, 2.75) is 32.4 Å². The highest BCUT2D eigenvalue weighted by Gasteiger charge is 2.27. The number of nitrogens with two attached hydrogens (primary N) is 1. The van der Waals surface area contributed by atoms with Crippen LogP contribution in [0.15, 0.2) is 34.8 Å². The van der Waals surface area contributed by atoms with Crippen LogP contribution in [0.1, 0.15) is 23.4 Å².